The molecule has 0 radical (unpaired) electrons. The van der Waals surface area contributed by atoms with E-state index in [4.69, 9.17) is 5.73 Å². The van der Waals surface area contributed by atoms with Crippen LogP contribution in [-0.4, -0.2) is 17.1 Å². The second-order valence-electron chi connectivity index (χ2n) is 4.95. The van der Waals surface area contributed by atoms with Crippen LogP contribution >= 0.6 is 0 Å². The molecule has 0 amide bonds. The first-order valence-electron chi connectivity index (χ1n) is 5.59. The number of hydrogen-bond acceptors (Lipinski definition) is 2. The van der Waals surface area contributed by atoms with Crippen LogP contribution in [0.3, 0.4) is 0 Å². The van der Waals surface area contributed by atoms with Crippen molar-refractivity contribution in [3.63, 3.8) is 0 Å². The van der Waals surface area contributed by atoms with Gasteiger partial charge in [-0.1, -0.05) is 6.92 Å². The quantitative estimate of drug-likeness (QED) is 0.707. The lowest BCUT2D eigenvalue weighted by Crippen LogP contribution is -2.57. The second-order valence-corrected chi connectivity index (χ2v) is 4.95. The van der Waals surface area contributed by atoms with Gasteiger partial charge in [0.25, 0.3) is 0 Å². The van der Waals surface area contributed by atoms with E-state index in [-0.39, 0.29) is 17.4 Å². The van der Waals surface area contributed by atoms with Gasteiger partial charge >= 0.3 is 5.97 Å². The van der Waals surface area contributed by atoms with Gasteiger partial charge in [0.15, 0.2) is 0 Å². The third-order valence-corrected chi connectivity index (χ3v) is 4.59. The lowest BCUT2D eigenvalue weighted by molar-refractivity contribution is -0.156. The number of hydrogen-bond donors (Lipinski definition) is 2. The first-order valence-corrected chi connectivity index (χ1v) is 5.59. The minimum absolute atomic E-state index is 0.0139. The number of carbonyl (C=O) groups is 1. The molecule has 0 aromatic rings. The average molecular weight is 197 g/mol. The Labute approximate surface area is 84.7 Å². The molecule has 0 unspecified atom stereocenters. The summed E-state index contributed by atoms with van der Waals surface area (Å²) in [7, 11) is 0. The molecule has 14 heavy (non-hydrogen) atoms. The second kappa shape index (κ2) is 3.23. The Morgan fingerprint density at radius 2 is 2.07 bits per heavy atom. The predicted octanol–water partition coefficient (Wildman–Crippen LogP) is 1.61. The standard InChI is InChI=1S/C11H19NO2/c1-2-11-5-3-7(4-6-11)9(12)8(11)10(13)14/h7-9H,2-6,12H2,1H3,(H,13,14)/t7?,8-,9-,11?/m0/s1. The van der Waals surface area contributed by atoms with Crippen molar-refractivity contribution >= 4 is 5.97 Å². The van der Waals surface area contributed by atoms with Gasteiger partial charge in [0.05, 0.1) is 5.92 Å². The molecule has 2 bridgehead atoms. The highest BCUT2D eigenvalue weighted by Gasteiger charge is 2.54. The van der Waals surface area contributed by atoms with E-state index in [1.807, 2.05) is 0 Å². The van der Waals surface area contributed by atoms with Crippen molar-refractivity contribution in [1.29, 1.82) is 0 Å². The molecule has 0 aromatic carbocycles. The van der Waals surface area contributed by atoms with Crippen molar-refractivity contribution in [3.8, 4) is 0 Å². The first kappa shape index (κ1) is 9.97. The zero-order valence-electron chi connectivity index (χ0n) is 8.70. The van der Waals surface area contributed by atoms with Crippen molar-refractivity contribution in [2.45, 2.75) is 45.1 Å². The van der Waals surface area contributed by atoms with Crippen LogP contribution in [0, 0.1) is 17.3 Å². The van der Waals surface area contributed by atoms with Crippen molar-refractivity contribution in [2.75, 3.05) is 0 Å². The maximum atomic E-state index is 11.2. The van der Waals surface area contributed by atoms with Crippen molar-refractivity contribution < 1.29 is 9.90 Å². The summed E-state index contributed by atoms with van der Waals surface area (Å²) in [6.45, 7) is 2.11. The topological polar surface area (TPSA) is 63.3 Å². The van der Waals surface area contributed by atoms with Crippen LogP contribution in [0.1, 0.15) is 39.0 Å². The average Bonchev–Trinajstić information content (AvgIpc) is 2.18. The summed E-state index contributed by atoms with van der Waals surface area (Å²) in [6.07, 6.45) is 5.37. The van der Waals surface area contributed by atoms with Crippen LogP contribution in [0.4, 0.5) is 0 Å². The van der Waals surface area contributed by atoms with Gasteiger partial charge < -0.3 is 10.8 Å². The number of rotatable bonds is 2. The molecule has 3 N–H and O–H groups in total. The maximum absolute atomic E-state index is 11.2. The van der Waals surface area contributed by atoms with E-state index >= 15 is 0 Å². The molecule has 0 aromatic heterocycles. The van der Waals surface area contributed by atoms with Gasteiger partial charge in [0.1, 0.15) is 0 Å². The summed E-state index contributed by atoms with van der Waals surface area (Å²) in [5.74, 6) is -0.506. The van der Waals surface area contributed by atoms with Gasteiger partial charge in [-0.25, -0.2) is 0 Å². The smallest absolute Gasteiger partial charge is 0.308 e. The van der Waals surface area contributed by atoms with Crippen molar-refractivity contribution in [1.82, 2.24) is 0 Å². The molecule has 0 spiro atoms. The Balaban J connectivity index is 2.31. The van der Waals surface area contributed by atoms with E-state index in [1.165, 1.54) is 0 Å². The Bertz CT molecular complexity index is 244. The SMILES string of the molecule is CCC12CCC(CC1)[C@H](N)[C@H]2C(=O)O. The van der Waals surface area contributed by atoms with Gasteiger partial charge in [0, 0.05) is 6.04 Å². The molecule has 0 saturated heterocycles. The summed E-state index contributed by atoms with van der Waals surface area (Å²) in [4.78, 5) is 11.2. The summed E-state index contributed by atoms with van der Waals surface area (Å²) < 4.78 is 0. The van der Waals surface area contributed by atoms with Gasteiger partial charge in [-0.05, 0) is 43.4 Å². The van der Waals surface area contributed by atoms with E-state index in [2.05, 4.69) is 6.92 Å². The first-order chi connectivity index (χ1) is 6.60. The molecular weight excluding hydrogens is 178 g/mol. The minimum Gasteiger partial charge on any atom is -0.481 e. The third kappa shape index (κ3) is 1.18. The van der Waals surface area contributed by atoms with Gasteiger partial charge in [-0.3, -0.25) is 4.79 Å². The summed E-state index contributed by atoms with van der Waals surface area (Å²) in [6, 6.07) is -0.102. The highest BCUT2D eigenvalue weighted by molar-refractivity contribution is 5.72. The molecular formula is C11H19NO2. The molecule has 3 heteroatoms. The highest BCUT2D eigenvalue weighted by Crippen LogP contribution is 2.55. The van der Waals surface area contributed by atoms with Crippen molar-refractivity contribution in [2.24, 2.45) is 23.0 Å². The number of nitrogens with two attached hydrogens (primary N) is 1. The zero-order valence-corrected chi connectivity index (χ0v) is 8.70. The van der Waals surface area contributed by atoms with Crippen LogP contribution in [0.25, 0.3) is 0 Å². The minimum atomic E-state index is -0.677. The number of fused-ring (bicyclic) bond motifs is 3. The molecule has 0 aliphatic heterocycles. The fourth-order valence-corrected chi connectivity index (χ4v) is 3.59. The summed E-state index contributed by atoms with van der Waals surface area (Å²) in [5.41, 5.74) is 6.06. The summed E-state index contributed by atoms with van der Waals surface area (Å²) >= 11 is 0. The van der Waals surface area contributed by atoms with Gasteiger partial charge in [-0.2, -0.15) is 0 Å². The zero-order chi connectivity index (χ0) is 10.3. The van der Waals surface area contributed by atoms with Gasteiger partial charge in [0.2, 0.25) is 0 Å². The lowest BCUT2D eigenvalue weighted by atomic mass is 9.52. The van der Waals surface area contributed by atoms with Gasteiger partial charge in [-0.15, -0.1) is 0 Å². The Hall–Kier alpha value is -0.570. The third-order valence-electron chi connectivity index (χ3n) is 4.59. The normalized spacial score (nSPS) is 46.6. The van der Waals surface area contributed by atoms with Crippen LogP contribution in [0.2, 0.25) is 0 Å². The molecule has 3 fully saturated rings. The molecule has 2 atom stereocenters. The molecule has 0 heterocycles. The lowest BCUT2D eigenvalue weighted by Gasteiger charge is -2.53. The van der Waals surface area contributed by atoms with E-state index in [0.29, 0.717) is 5.92 Å². The number of aliphatic carboxylic acids is 1. The van der Waals surface area contributed by atoms with E-state index in [9.17, 15) is 9.90 Å². The molecule has 3 aliphatic carbocycles. The predicted molar refractivity (Wildman–Crippen MR) is 53.8 cm³/mol. The van der Waals surface area contributed by atoms with Crippen molar-refractivity contribution in [3.05, 3.63) is 0 Å². The Morgan fingerprint density at radius 3 is 2.43 bits per heavy atom. The fraction of sp³-hybridized carbons (Fsp3) is 0.909. The molecule has 3 aliphatic rings. The van der Waals surface area contributed by atoms with E-state index < -0.39 is 5.97 Å². The fourth-order valence-electron chi connectivity index (χ4n) is 3.59. The van der Waals surface area contributed by atoms with E-state index in [1.54, 1.807) is 0 Å². The highest BCUT2D eigenvalue weighted by atomic mass is 16.4. The van der Waals surface area contributed by atoms with Crippen LogP contribution < -0.4 is 5.73 Å². The molecule has 3 rings (SSSR count). The largest absolute Gasteiger partial charge is 0.481 e. The number of carboxylic acids is 1. The number of carboxylic acid groups (broad SMARTS) is 1. The molecule has 80 valence electrons. The monoisotopic (exact) mass is 197 g/mol. The Kier molecular flexibility index (Phi) is 2.30. The summed E-state index contributed by atoms with van der Waals surface area (Å²) in [5, 5.41) is 9.25. The van der Waals surface area contributed by atoms with E-state index in [0.717, 1.165) is 32.1 Å². The molecule has 3 nitrogen and oxygen atoms in total. The molecule has 3 saturated carbocycles. The van der Waals surface area contributed by atoms with Crippen LogP contribution in [0.5, 0.6) is 0 Å². The Morgan fingerprint density at radius 1 is 1.50 bits per heavy atom. The maximum Gasteiger partial charge on any atom is 0.308 e. The van der Waals surface area contributed by atoms with Crippen LogP contribution in [-0.2, 0) is 4.79 Å². The van der Waals surface area contributed by atoms with Crippen LogP contribution in [0.15, 0.2) is 0 Å².